The molecule has 0 aliphatic heterocycles. The summed E-state index contributed by atoms with van der Waals surface area (Å²) in [6.07, 6.45) is 0. The highest BCUT2D eigenvalue weighted by atomic mass is 79.9. The van der Waals surface area contributed by atoms with E-state index in [0.29, 0.717) is 0 Å². The first kappa shape index (κ1) is 11.6. The minimum Gasteiger partial charge on any atom is -1.00 e. The summed E-state index contributed by atoms with van der Waals surface area (Å²) >= 11 is 6.75. The third-order valence-electron chi connectivity index (χ3n) is 1.20. The third kappa shape index (κ3) is 3.67. The van der Waals surface area contributed by atoms with E-state index in [0.717, 1.165) is 10.7 Å². The summed E-state index contributed by atoms with van der Waals surface area (Å²) in [7, 11) is 0. The Hall–Kier alpha value is 0.590. The highest BCUT2D eigenvalue weighted by Gasteiger charge is 2.00. The van der Waals surface area contributed by atoms with Crippen LogP contribution in [0.15, 0.2) is 18.2 Å². The molecule has 1 aromatic heterocycles. The maximum Gasteiger partial charge on any atom is 0.190 e. The van der Waals surface area contributed by atoms with E-state index in [4.69, 9.17) is 0 Å². The van der Waals surface area contributed by atoms with Gasteiger partial charge in [0.05, 0.1) is 10.7 Å². The number of halogens is 3. The lowest BCUT2D eigenvalue weighted by atomic mass is 10.3. The lowest BCUT2D eigenvalue weighted by Crippen LogP contribution is -3.00. The van der Waals surface area contributed by atoms with Crippen molar-refractivity contribution in [3.63, 3.8) is 0 Å². The summed E-state index contributed by atoms with van der Waals surface area (Å²) < 4.78 is 0. The monoisotopic (exact) mass is 343 g/mol. The zero-order valence-corrected chi connectivity index (χ0v) is 10.5. The van der Waals surface area contributed by atoms with E-state index in [9.17, 15) is 0 Å². The maximum absolute atomic E-state index is 3.37. The number of pyridine rings is 1. The van der Waals surface area contributed by atoms with E-state index in [-0.39, 0.29) is 17.0 Å². The van der Waals surface area contributed by atoms with E-state index in [1.54, 1.807) is 0 Å². The van der Waals surface area contributed by atoms with E-state index >= 15 is 0 Å². The van der Waals surface area contributed by atoms with Crippen molar-refractivity contribution in [2.24, 2.45) is 0 Å². The van der Waals surface area contributed by atoms with E-state index in [1.165, 1.54) is 11.4 Å². The van der Waals surface area contributed by atoms with Gasteiger partial charge in [0.1, 0.15) is 0 Å². The van der Waals surface area contributed by atoms with Crippen molar-refractivity contribution in [2.45, 2.75) is 10.7 Å². The molecule has 0 aliphatic carbocycles. The SMILES string of the molecule is BrCc1cccc(CBr)[nH+]1.[Br-]. The van der Waals surface area contributed by atoms with Gasteiger partial charge in [-0.1, -0.05) is 31.9 Å². The average molecular weight is 346 g/mol. The molecule has 0 amide bonds. The van der Waals surface area contributed by atoms with Crippen LogP contribution in [0.2, 0.25) is 0 Å². The summed E-state index contributed by atoms with van der Waals surface area (Å²) in [5.41, 5.74) is 2.41. The molecule has 62 valence electrons. The zero-order chi connectivity index (χ0) is 7.40. The molecule has 0 unspecified atom stereocenters. The molecular formula is C7H8Br3N. The van der Waals surface area contributed by atoms with Crippen molar-refractivity contribution in [3.05, 3.63) is 29.6 Å². The Kier molecular flexibility index (Phi) is 6.47. The number of hydrogen-bond acceptors (Lipinski definition) is 0. The Morgan fingerprint density at radius 1 is 1.09 bits per heavy atom. The molecule has 1 heterocycles. The molecule has 0 aliphatic rings. The van der Waals surface area contributed by atoms with Crippen molar-refractivity contribution >= 4 is 31.9 Å². The quantitative estimate of drug-likeness (QED) is 0.629. The largest absolute Gasteiger partial charge is 1.00 e. The highest BCUT2D eigenvalue weighted by Crippen LogP contribution is 2.01. The van der Waals surface area contributed by atoms with Crippen LogP contribution in [0, 0.1) is 0 Å². The lowest BCUT2D eigenvalue weighted by molar-refractivity contribution is -0.397. The van der Waals surface area contributed by atoms with E-state index in [2.05, 4.69) is 49.0 Å². The van der Waals surface area contributed by atoms with Crippen LogP contribution in [-0.2, 0) is 10.7 Å². The molecule has 1 nitrogen and oxygen atoms in total. The van der Waals surface area contributed by atoms with Crippen LogP contribution < -0.4 is 22.0 Å². The second kappa shape index (κ2) is 6.14. The second-order valence-corrected chi connectivity index (χ2v) is 3.09. The Balaban J connectivity index is 0.000001000. The van der Waals surface area contributed by atoms with Crippen molar-refractivity contribution in [3.8, 4) is 0 Å². The zero-order valence-electron chi connectivity index (χ0n) is 5.78. The number of hydrogen-bond donors (Lipinski definition) is 0. The molecule has 0 saturated carbocycles. The highest BCUT2D eigenvalue weighted by molar-refractivity contribution is 9.08. The molecule has 0 radical (unpaired) electrons. The van der Waals surface area contributed by atoms with Crippen LogP contribution in [0.25, 0.3) is 0 Å². The van der Waals surface area contributed by atoms with Gasteiger partial charge in [-0.25, -0.2) is 4.98 Å². The normalized spacial score (nSPS) is 8.91. The molecule has 4 heteroatoms. The smallest absolute Gasteiger partial charge is 0.190 e. The number of alkyl halides is 2. The molecule has 0 fully saturated rings. The molecule has 0 aromatic carbocycles. The van der Waals surface area contributed by atoms with Gasteiger partial charge in [-0.05, 0) is 6.07 Å². The first-order chi connectivity index (χ1) is 4.86. The maximum atomic E-state index is 3.37. The number of aromatic amines is 1. The van der Waals surface area contributed by atoms with Crippen molar-refractivity contribution < 1.29 is 22.0 Å². The molecule has 0 spiro atoms. The lowest BCUT2D eigenvalue weighted by Gasteiger charge is -1.88. The Morgan fingerprint density at radius 2 is 1.55 bits per heavy atom. The topological polar surface area (TPSA) is 14.1 Å². The average Bonchev–Trinajstić information content (AvgIpc) is 2.05. The van der Waals surface area contributed by atoms with Gasteiger partial charge in [-0.15, -0.1) is 0 Å². The minimum absolute atomic E-state index is 0. The number of H-pyrrole nitrogens is 1. The number of rotatable bonds is 2. The fourth-order valence-electron chi connectivity index (χ4n) is 0.726. The fourth-order valence-corrected chi connectivity index (χ4v) is 1.38. The summed E-state index contributed by atoms with van der Waals surface area (Å²) in [6, 6.07) is 6.16. The predicted molar refractivity (Wildman–Crippen MR) is 48.3 cm³/mol. The molecule has 0 bridgehead atoms. The van der Waals surface area contributed by atoms with Gasteiger partial charge in [0.2, 0.25) is 0 Å². The van der Waals surface area contributed by atoms with Crippen LogP contribution in [-0.4, -0.2) is 0 Å². The standard InChI is InChI=1S/C7H7Br2N.BrH/c8-4-6-2-1-3-7(5-9)10-6;/h1-3H,4-5H2;1H. The van der Waals surface area contributed by atoms with Crippen LogP contribution in [0.4, 0.5) is 0 Å². The van der Waals surface area contributed by atoms with Crippen LogP contribution in [0.1, 0.15) is 11.4 Å². The summed E-state index contributed by atoms with van der Waals surface area (Å²) in [4.78, 5) is 3.25. The van der Waals surface area contributed by atoms with Gasteiger partial charge in [-0.2, -0.15) is 0 Å². The summed E-state index contributed by atoms with van der Waals surface area (Å²) in [5.74, 6) is 0. The molecular weight excluding hydrogens is 338 g/mol. The van der Waals surface area contributed by atoms with Crippen LogP contribution in [0.5, 0.6) is 0 Å². The van der Waals surface area contributed by atoms with E-state index < -0.39 is 0 Å². The van der Waals surface area contributed by atoms with Gasteiger partial charge < -0.3 is 17.0 Å². The van der Waals surface area contributed by atoms with Gasteiger partial charge in [0.15, 0.2) is 11.4 Å². The summed E-state index contributed by atoms with van der Waals surface area (Å²) in [5, 5.41) is 1.77. The molecule has 1 N–H and O–H groups in total. The first-order valence-electron chi connectivity index (χ1n) is 2.99. The molecule has 0 atom stereocenters. The Morgan fingerprint density at radius 3 is 1.91 bits per heavy atom. The van der Waals surface area contributed by atoms with Crippen molar-refractivity contribution in [2.75, 3.05) is 0 Å². The predicted octanol–water partition coefficient (Wildman–Crippen LogP) is -0.706. The summed E-state index contributed by atoms with van der Waals surface area (Å²) in [6.45, 7) is 0. The van der Waals surface area contributed by atoms with Crippen LogP contribution >= 0.6 is 31.9 Å². The number of nitrogens with one attached hydrogen (secondary N) is 1. The molecule has 11 heavy (non-hydrogen) atoms. The first-order valence-corrected chi connectivity index (χ1v) is 5.23. The van der Waals surface area contributed by atoms with Gasteiger partial charge in [-0.3, -0.25) is 0 Å². The van der Waals surface area contributed by atoms with Crippen LogP contribution in [0.3, 0.4) is 0 Å². The van der Waals surface area contributed by atoms with E-state index in [1.807, 2.05) is 6.07 Å². The van der Waals surface area contributed by atoms with Gasteiger partial charge in [0, 0.05) is 12.1 Å². The van der Waals surface area contributed by atoms with Crippen molar-refractivity contribution in [1.29, 1.82) is 0 Å². The Bertz CT molecular complexity index is 195. The fraction of sp³-hybridized carbons (Fsp3) is 0.286. The Labute approximate surface area is 93.6 Å². The molecule has 1 rings (SSSR count). The van der Waals surface area contributed by atoms with Crippen molar-refractivity contribution in [1.82, 2.24) is 0 Å². The molecule has 1 aromatic rings. The molecule has 0 saturated heterocycles. The minimum atomic E-state index is 0. The van der Waals surface area contributed by atoms with Gasteiger partial charge in [0.25, 0.3) is 0 Å². The number of aromatic nitrogens is 1. The second-order valence-electron chi connectivity index (χ2n) is 1.97. The third-order valence-corrected chi connectivity index (χ3v) is 2.41. The van der Waals surface area contributed by atoms with Gasteiger partial charge >= 0.3 is 0 Å².